The maximum atomic E-state index is 6.16. The van der Waals surface area contributed by atoms with Crippen LogP contribution in [0, 0.1) is 17.3 Å². The molecule has 0 saturated heterocycles. The summed E-state index contributed by atoms with van der Waals surface area (Å²) in [7, 11) is 0. The fourth-order valence-electron chi connectivity index (χ4n) is 4.39. The standard InChI is InChI=1S/C20H30ClN5/c1-13(15-5-4-6-15)23-18-16-17(24-19(21)25-18)22-12-26(16)11-14-7-9-20(2,3)10-8-14/h12-15H,4-11H2,1-3H3,(H,23,24,25)/t13-/m1/s1. The summed E-state index contributed by atoms with van der Waals surface area (Å²) < 4.78 is 2.24. The van der Waals surface area contributed by atoms with Gasteiger partial charge in [0.1, 0.15) is 5.52 Å². The molecule has 2 heterocycles. The minimum absolute atomic E-state index is 0.269. The number of halogens is 1. The molecule has 0 spiro atoms. The zero-order valence-electron chi connectivity index (χ0n) is 16.1. The number of fused-ring (bicyclic) bond motifs is 1. The van der Waals surface area contributed by atoms with E-state index in [9.17, 15) is 0 Å². The minimum Gasteiger partial charge on any atom is -0.365 e. The zero-order valence-corrected chi connectivity index (χ0v) is 16.9. The molecule has 2 aliphatic rings. The molecular formula is C20H30ClN5. The van der Waals surface area contributed by atoms with Crippen LogP contribution in [0.25, 0.3) is 11.2 Å². The fraction of sp³-hybridized carbons (Fsp3) is 0.750. The summed E-state index contributed by atoms with van der Waals surface area (Å²) >= 11 is 6.16. The minimum atomic E-state index is 0.269. The van der Waals surface area contributed by atoms with E-state index in [1.54, 1.807) is 0 Å². The molecule has 2 fully saturated rings. The molecule has 1 atom stereocenters. The average Bonchev–Trinajstić information content (AvgIpc) is 2.90. The quantitative estimate of drug-likeness (QED) is 0.720. The van der Waals surface area contributed by atoms with Crippen molar-refractivity contribution >= 4 is 28.6 Å². The van der Waals surface area contributed by atoms with Crippen molar-refractivity contribution in [1.82, 2.24) is 19.5 Å². The molecule has 2 aromatic rings. The Labute approximate surface area is 161 Å². The van der Waals surface area contributed by atoms with Crippen molar-refractivity contribution in [2.75, 3.05) is 5.32 Å². The first-order valence-electron chi connectivity index (χ1n) is 10.1. The van der Waals surface area contributed by atoms with Gasteiger partial charge in [-0.15, -0.1) is 0 Å². The predicted molar refractivity (Wildman–Crippen MR) is 106 cm³/mol. The van der Waals surface area contributed by atoms with Crippen molar-refractivity contribution in [1.29, 1.82) is 0 Å². The zero-order chi connectivity index (χ0) is 18.3. The van der Waals surface area contributed by atoms with Gasteiger partial charge in [0, 0.05) is 12.6 Å². The lowest BCUT2D eigenvalue weighted by molar-refractivity contribution is 0.180. The maximum Gasteiger partial charge on any atom is 0.226 e. The number of rotatable bonds is 5. The Hall–Kier alpha value is -1.36. The first-order chi connectivity index (χ1) is 12.4. The third kappa shape index (κ3) is 3.68. The van der Waals surface area contributed by atoms with Crippen LogP contribution in [0.4, 0.5) is 5.82 Å². The van der Waals surface area contributed by atoms with Crippen LogP contribution >= 0.6 is 11.6 Å². The summed E-state index contributed by atoms with van der Waals surface area (Å²) in [4.78, 5) is 13.4. The van der Waals surface area contributed by atoms with Crippen molar-refractivity contribution in [3.63, 3.8) is 0 Å². The van der Waals surface area contributed by atoms with E-state index < -0.39 is 0 Å². The highest BCUT2D eigenvalue weighted by Gasteiger charge is 2.28. The van der Waals surface area contributed by atoms with Crippen LogP contribution in [0.2, 0.25) is 5.28 Å². The van der Waals surface area contributed by atoms with E-state index >= 15 is 0 Å². The Morgan fingerprint density at radius 1 is 1.23 bits per heavy atom. The molecule has 0 unspecified atom stereocenters. The summed E-state index contributed by atoms with van der Waals surface area (Å²) in [6, 6.07) is 0.400. The third-order valence-electron chi connectivity index (χ3n) is 6.58. The van der Waals surface area contributed by atoms with E-state index in [0.717, 1.165) is 23.8 Å². The number of imidazole rings is 1. The molecule has 142 valence electrons. The number of nitrogens with one attached hydrogen (secondary N) is 1. The Bertz CT molecular complexity index is 770. The third-order valence-corrected chi connectivity index (χ3v) is 6.75. The van der Waals surface area contributed by atoms with Gasteiger partial charge in [-0.2, -0.15) is 9.97 Å². The smallest absolute Gasteiger partial charge is 0.226 e. The van der Waals surface area contributed by atoms with Gasteiger partial charge in [0.05, 0.1) is 6.33 Å². The first-order valence-corrected chi connectivity index (χ1v) is 10.4. The highest BCUT2D eigenvalue weighted by molar-refractivity contribution is 6.28. The molecule has 0 amide bonds. The molecule has 0 aliphatic heterocycles. The van der Waals surface area contributed by atoms with E-state index in [-0.39, 0.29) is 5.28 Å². The second-order valence-electron chi connectivity index (χ2n) is 9.14. The number of hydrogen-bond acceptors (Lipinski definition) is 4. The van der Waals surface area contributed by atoms with E-state index in [0.29, 0.717) is 23.0 Å². The van der Waals surface area contributed by atoms with Gasteiger partial charge < -0.3 is 9.88 Å². The van der Waals surface area contributed by atoms with Gasteiger partial charge >= 0.3 is 0 Å². The highest BCUT2D eigenvalue weighted by atomic mass is 35.5. The monoisotopic (exact) mass is 375 g/mol. The van der Waals surface area contributed by atoms with Gasteiger partial charge in [-0.3, -0.25) is 0 Å². The van der Waals surface area contributed by atoms with E-state index in [1.807, 2.05) is 6.33 Å². The summed E-state index contributed by atoms with van der Waals surface area (Å²) in [6.45, 7) is 8.00. The second-order valence-corrected chi connectivity index (χ2v) is 9.48. The molecule has 2 aromatic heterocycles. The van der Waals surface area contributed by atoms with Crippen molar-refractivity contribution in [2.45, 2.75) is 78.3 Å². The van der Waals surface area contributed by atoms with Crippen LogP contribution in [0.15, 0.2) is 6.33 Å². The number of hydrogen-bond donors (Lipinski definition) is 1. The molecule has 0 radical (unpaired) electrons. The Kier molecular flexibility index (Phi) is 4.84. The van der Waals surface area contributed by atoms with Crippen LogP contribution in [0.1, 0.15) is 65.7 Å². The Morgan fingerprint density at radius 2 is 1.96 bits per heavy atom. The average molecular weight is 376 g/mol. The molecular weight excluding hydrogens is 346 g/mol. The lowest BCUT2D eigenvalue weighted by atomic mass is 9.73. The van der Waals surface area contributed by atoms with Gasteiger partial charge in [0.15, 0.2) is 11.5 Å². The molecule has 2 saturated carbocycles. The normalized spacial score (nSPS) is 22.3. The van der Waals surface area contributed by atoms with Gasteiger partial charge in [0.2, 0.25) is 5.28 Å². The lowest BCUT2D eigenvalue weighted by Gasteiger charge is -2.34. The summed E-state index contributed by atoms with van der Waals surface area (Å²) in [6.07, 6.45) is 11.0. The molecule has 0 aromatic carbocycles. The van der Waals surface area contributed by atoms with Crippen LogP contribution in [0.3, 0.4) is 0 Å². The fourth-order valence-corrected chi connectivity index (χ4v) is 4.55. The SMILES string of the molecule is C[C@@H](Nc1nc(Cl)nc2ncn(CC3CCC(C)(C)CC3)c12)C1CCC1. The molecule has 0 bridgehead atoms. The van der Waals surface area contributed by atoms with Crippen LogP contribution in [0.5, 0.6) is 0 Å². The second kappa shape index (κ2) is 6.99. The van der Waals surface area contributed by atoms with Gasteiger partial charge in [0.25, 0.3) is 0 Å². The van der Waals surface area contributed by atoms with Crippen LogP contribution in [-0.2, 0) is 6.54 Å². The van der Waals surface area contributed by atoms with Gasteiger partial charge in [-0.25, -0.2) is 4.98 Å². The van der Waals surface area contributed by atoms with E-state index in [2.05, 4.69) is 45.6 Å². The number of anilines is 1. The summed E-state index contributed by atoms with van der Waals surface area (Å²) in [5.74, 6) is 2.27. The maximum absolute atomic E-state index is 6.16. The topological polar surface area (TPSA) is 55.6 Å². The molecule has 1 N–H and O–H groups in total. The van der Waals surface area contributed by atoms with Crippen LogP contribution < -0.4 is 5.32 Å². The van der Waals surface area contributed by atoms with Crippen molar-refractivity contribution < 1.29 is 0 Å². The summed E-state index contributed by atoms with van der Waals surface area (Å²) in [5.41, 5.74) is 2.20. The van der Waals surface area contributed by atoms with E-state index in [1.165, 1.54) is 44.9 Å². The Morgan fingerprint density at radius 3 is 2.62 bits per heavy atom. The van der Waals surface area contributed by atoms with E-state index in [4.69, 9.17) is 11.6 Å². The molecule has 4 rings (SSSR count). The summed E-state index contributed by atoms with van der Waals surface area (Å²) in [5, 5.41) is 3.88. The largest absolute Gasteiger partial charge is 0.365 e. The Balaban J connectivity index is 1.57. The van der Waals surface area contributed by atoms with Gasteiger partial charge in [-0.05, 0) is 74.3 Å². The molecule has 26 heavy (non-hydrogen) atoms. The van der Waals surface area contributed by atoms with Gasteiger partial charge in [-0.1, -0.05) is 20.3 Å². The van der Waals surface area contributed by atoms with Crippen molar-refractivity contribution in [3.8, 4) is 0 Å². The van der Waals surface area contributed by atoms with Crippen molar-refractivity contribution in [3.05, 3.63) is 11.6 Å². The first kappa shape index (κ1) is 18.0. The highest BCUT2D eigenvalue weighted by Crippen LogP contribution is 2.39. The van der Waals surface area contributed by atoms with Crippen molar-refractivity contribution in [2.24, 2.45) is 17.3 Å². The molecule has 5 nitrogen and oxygen atoms in total. The number of nitrogens with zero attached hydrogens (tertiary/aromatic N) is 4. The number of aromatic nitrogens is 4. The molecule has 2 aliphatic carbocycles. The predicted octanol–water partition coefficient (Wildman–Crippen LogP) is 5.30. The lowest BCUT2D eigenvalue weighted by Crippen LogP contribution is -2.31. The molecule has 6 heteroatoms. The van der Waals surface area contributed by atoms with Crippen LogP contribution in [-0.4, -0.2) is 25.6 Å².